The number of carbonyl (C=O) groups is 1. The molecule has 1 heterocycles. The number of hydrogen-bond acceptors (Lipinski definition) is 5. The molecule has 5 nitrogen and oxygen atoms in total. The van der Waals surface area contributed by atoms with Crippen molar-refractivity contribution in [3.63, 3.8) is 0 Å². The third kappa shape index (κ3) is 4.51. The van der Waals surface area contributed by atoms with Gasteiger partial charge in [0.15, 0.2) is 0 Å². The van der Waals surface area contributed by atoms with Gasteiger partial charge in [-0.3, -0.25) is 4.79 Å². The Hall–Kier alpha value is -2.14. The number of nitrogens with one attached hydrogen (secondary N) is 1. The number of esters is 1. The molecule has 2 rings (SSSR count). The Bertz CT molecular complexity index is 511. The van der Waals surface area contributed by atoms with Crippen molar-refractivity contribution < 1.29 is 14.1 Å². The van der Waals surface area contributed by atoms with Crippen LogP contribution in [0, 0.1) is 5.92 Å². The van der Waals surface area contributed by atoms with Crippen LogP contribution in [0.15, 0.2) is 47.1 Å². The fourth-order valence-corrected chi connectivity index (χ4v) is 1.70. The highest BCUT2D eigenvalue weighted by molar-refractivity contribution is 5.72. The first-order valence-corrected chi connectivity index (χ1v) is 6.56. The van der Waals surface area contributed by atoms with Gasteiger partial charge in [-0.05, 0) is 5.56 Å². The van der Waals surface area contributed by atoms with E-state index < -0.39 is 0 Å². The Morgan fingerprint density at radius 3 is 2.85 bits per heavy atom. The lowest BCUT2D eigenvalue weighted by molar-refractivity contribution is -0.149. The molecule has 0 aliphatic carbocycles. The summed E-state index contributed by atoms with van der Waals surface area (Å²) in [5.41, 5.74) is 0.989. The molecule has 106 valence electrons. The van der Waals surface area contributed by atoms with Gasteiger partial charge in [0, 0.05) is 12.6 Å². The standard InChI is InChI=1S/C15H18N2O3/c1-12(9-16-10-14-7-8-17-20-14)15(18)19-11-13-5-3-2-4-6-13/h2-8,12,16H,9-11H2,1H3. The van der Waals surface area contributed by atoms with Crippen LogP contribution >= 0.6 is 0 Å². The molecule has 0 fully saturated rings. The van der Waals surface area contributed by atoms with Crippen molar-refractivity contribution in [2.75, 3.05) is 6.54 Å². The van der Waals surface area contributed by atoms with Gasteiger partial charge in [-0.1, -0.05) is 42.4 Å². The zero-order valence-electron chi connectivity index (χ0n) is 11.4. The van der Waals surface area contributed by atoms with Crippen LogP contribution in [-0.2, 0) is 22.7 Å². The van der Waals surface area contributed by atoms with E-state index in [2.05, 4.69) is 10.5 Å². The molecule has 1 aromatic heterocycles. The first-order chi connectivity index (χ1) is 9.75. The van der Waals surface area contributed by atoms with Gasteiger partial charge >= 0.3 is 5.97 Å². The summed E-state index contributed by atoms with van der Waals surface area (Å²) in [6, 6.07) is 11.4. The topological polar surface area (TPSA) is 64.4 Å². The van der Waals surface area contributed by atoms with Gasteiger partial charge in [-0.2, -0.15) is 0 Å². The second-order valence-corrected chi connectivity index (χ2v) is 4.60. The molecule has 0 amide bonds. The third-order valence-electron chi connectivity index (χ3n) is 2.87. The van der Waals surface area contributed by atoms with Crippen LogP contribution in [0.25, 0.3) is 0 Å². The molecule has 0 saturated heterocycles. The Morgan fingerprint density at radius 2 is 2.15 bits per heavy atom. The van der Waals surface area contributed by atoms with E-state index >= 15 is 0 Å². The molecule has 0 saturated carbocycles. The Balaban J connectivity index is 1.66. The maximum Gasteiger partial charge on any atom is 0.310 e. The summed E-state index contributed by atoms with van der Waals surface area (Å²) in [4.78, 5) is 11.8. The Labute approximate surface area is 117 Å². The number of ether oxygens (including phenoxy) is 1. The number of nitrogens with zero attached hydrogens (tertiary/aromatic N) is 1. The lowest BCUT2D eigenvalue weighted by Gasteiger charge is -2.11. The first-order valence-electron chi connectivity index (χ1n) is 6.56. The van der Waals surface area contributed by atoms with E-state index in [4.69, 9.17) is 9.26 Å². The maximum atomic E-state index is 11.8. The normalized spacial score (nSPS) is 12.1. The molecule has 1 N–H and O–H groups in total. The summed E-state index contributed by atoms with van der Waals surface area (Å²) in [5.74, 6) is 0.329. The third-order valence-corrected chi connectivity index (χ3v) is 2.87. The van der Waals surface area contributed by atoms with E-state index in [9.17, 15) is 4.79 Å². The molecule has 1 unspecified atom stereocenters. The monoisotopic (exact) mass is 274 g/mol. The van der Waals surface area contributed by atoms with Gasteiger partial charge in [0.05, 0.1) is 18.7 Å². The van der Waals surface area contributed by atoms with Crippen LogP contribution in [0.1, 0.15) is 18.2 Å². The van der Waals surface area contributed by atoms with Crippen molar-refractivity contribution in [3.05, 3.63) is 53.9 Å². The van der Waals surface area contributed by atoms with Gasteiger partial charge in [0.2, 0.25) is 0 Å². The van der Waals surface area contributed by atoms with Crippen LogP contribution in [0.4, 0.5) is 0 Å². The highest BCUT2D eigenvalue weighted by atomic mass is 16.5. The Kier molecular flexibility index (Phi) is 5.32. The molecular formula is C15H18N2O3. The van der Waals surface area contributed by atoms with Crippen LogP contribution < -0.4 is 5.32 Å². The first kappa shape index (κ1) is 14.3. The summed E-state index contributed by atoms with van der Waals surface area (Å²) in [6.45, 7) is 3.23. The minimum atomic E-state index is -0.209. The molecule has 0 radical (unpaired) electrons. The van der Waals surface area contributed by atoms with Crippen molar-refractivity contribution in [2.24, 2.45) is 5.92 Å². The molecule has 0 aliphatic heterocycles. The largest absolute Gasteiger partial charge is 0.461 e. The zero-order chi connectivity index (χ0) is 14.2. The minimum Gasteiger partial charge on any atom is -0.461 e. The highest BCUT2D eigenvalue weighted by Gasteiger charge is 2.14. The molecule has 20 heavy (non-hydrogen) atoms. The fraction of sp³-hybridized carbons (Fsp3) is 0.333. The van der Waals surface area contributed by atoms with Crippen molar-refractivity contribution in [1.82, 2.24) is 10.5 Å². The summed E-state index contributed by atoms with van der Waals surface area (Å²) >= 11 is 0. The molecule has 0 spiro atoms. The fourth-order valence-electron chi connectivity index (χ4n) is 1.70. The van der Waals surface area contributed by atoms with Crippen molar-refractivity contribution in [1.29, 1.82) is 0 Å². The van der Waals surface area contributed by atoms with Gasteiger partial charge < -0.3 is 14.6 Å². The average Bonchev–Trinajstić information content (AvgIpc) is 2.99. The summed E-state index contributed by atoms with van der Waals surface area (Å²) in [7, 11) is 0. The molecular weight excluding hydrogens is 256 g/mol. The maximum absolute atomic E-state index is 11.8. The van der Waals surface area contributed by atoms with E-state index in [1.165, 1.54) is 0 Å². The van der Waals surface area contributed by atoms with Gasteiger partial charge in [0.1, 0.15) is 12.4 Å². The van der Waals surface area contributed by atoms with Gasteiger partial charge in [-0.15, -0.1) is 0 Å². The molecule has 1 aromatic carbocycles. The van der Waals surface area contributed by atoms with E-state index in [1.807, 2.05) is 37.3 Å². The van der Waals surface area contributed by atoms with E-state index in [0.29, 0.717) is 19.7 Å². The number of carbonyl (C=O) groups excluding carboxylic acids is 1. The van der Waals surface area contributed by atoms with Gasteiger partial charge in [0.25, 0.3) is 0 Å². The van der Waals surface area contributed by atoms with Crippen LogP contribution in [0.2, 0.25) is 0 Å². The number of rotatable bonds is 7. The lowest BCUT2D eigenvalue weighted by atomic mass is 10.2. The lowest BCUT2D eigenvalue weighted by Crippen LogP contribution is -2.27. The highest BCUT2D eigenvalue weighted by Crippen LogP contribution is 2.04. The molecule has 1 atom stereocenters. The second-order valence-electron chi connectivity index (χ2n) is 4.60. The van der Waals surface area contributed by atoms with Crippen LogP contribution in [-0.4, -0.2) is 17.7 Å². The van der Waals surface area contributed by atoms with Crippen LogP contribution in [0.3, 0.4) is 0 Å². The summed E-state index contributed by atoms with van der Waals surface area (Å²) in [6.07, 6.45) is 1.59. The number of benzene rings is 1. The molecule has 0 aliphatic rings. The average molecular weight is 274 g/mol. The minimum absolute atomic E-state index is 0.207. The second kappa shape index (κ2) is 7.45. The Morgan fingerprint density at radius 1 is 1.35 bits per heavy atom. The van der Waals surface area contributed by atoms with E-state index in [0.717, 1.165) is 11.3 Å². The van der Waals surface area contributed by atoms with Crippen LogP contribution in [0.5, 0.6) is 0 Å². The van der Waals surface area contributed by atoms with E-state index in [-0.39, 0.29) is 11.9 Å². The predicted molar refractivity (Wildman–Crippen MR) is 73.6 cm³/mol. The summed E-state index contributed by atoms with van der Waals surface area (Å²) in [5, 5.41) is 6.74. The van der Waals surface area contributed by atoms with E-state index in [1.54, 1.807) is 12.3 Å². The number of aromatic nitrogens is 1. The SMILES string of the molecule is CC(CNCc1ccno1)C(=O)OCc1ccccc1. The van der Waals surface area contributed by atoms with Crippen molar-refractivity contribution >= 4 is 5.97 Å². The molecule has 0 bridgehead atoms. The predicted octanol–water partition coefficient (Wildman–Crippen LogP) is 2.14. The quantitative estimate of drug-likeness (QED) is 0.784. The molecule has 2 aromatic rings. The van der Waals surface area contributed by atoms with Crippen molar-refractivity contribution in [3.8, 4) is 0 Å². The zero-order valence-corrected chi connectivity index (χ0v) is 11.4. The van der Waals surface area contributed by atoms with Gasteiger partial charge in [-0.25, -0.2) is 0 Å². The molecule has 5 heteroatoms. The summed E-state index contributed by atoms with van der Waals surface area (Å²) < 4.78 is 10.2. The smallest absolute Gasteiger partial charge is 0.310 e. The van der Waals surface area contributed by atoms with Crippen molar-refractivity contribution in [2.45, 2.75) is 20.1 Å². The number of hydrogen-bond donors (Lipinski definition) is 1.